The van der Waals surface area contributed by atoms with Crippen LogP contribution in [0.4, 0.5) is 4.39 Å². The molecular weight excluding hydrogens is 411 g/mol. The van der Waals surface area contributed by atoms with Crippen LogP contribution in [0.15, 0.2) is 67.4 Å². The smallest absolute Gasteiger partial charge is 0.273 e. The van der Waals surface area contributed by atoms with Gasteiger partial charge >= 0.3 is 0 Å². The molecule has 1 atom stereocenters. The van der Waals surface area contributed by atoms with Crippen molar-refractivity contribution in [2.24, 2.45) is 0 Å². The number of H-pyrrole nitrogens is 1. The fourth-order valence-electron chi connectivity index (χ4n) is 4.20. The quantitative estimate of drug-likeness (QED) is 0.476. The van der Waals surface area contributed by atoms with Crippen molar-refractivity contribution in [3.8, 4) is 5.82 Å². The lowest BCUT2D eigenvalue weighted by Gasteiger charge is -2.33. The van der Waals surface area contributed by atoms with Crippen molar-refractivity contribution < 1.29 is 9.18 Å². The van der Waals surface area contributed by atoms with Crippen molar-refractivity contribution in [3.05, 3.63) is 96.0 Å². The molecule has 158 valence electrons. The zero-order chi connectivity index (χ0) is 21.7. The van der Waals surface area contributed by atoms with Gasteiger partial charge in [0, 0.05) is 31.1 Å². The van der Waals surface area contributed by atoms with Crippen LogP contribution < -0.4 is 0 Å². The Morgan fingerprint density at radius 2 is 2.06 bits per heavy atom. The molecular formula is C22H17FN8O. The molecule has 0 unspecified atom stereocenters. The van der Waals surface area contributed by atoms with Gasteiger partial charge in [0.25, 0.3) is 5.91 Å². The van der Waals surface area contributed by atoms with E-state index < -0.39 is 6.04 Å². The summed E-state index contributed by atoms with van der Waals surface area (Å²) in [4.78, 5) is 27.4. The Kier molecular flexibility index (Phi) is 4.10. The number of aromatic nitrogens is 7. The van der Waals surface area contributed by atoms with E-state index in [9.17, 15) is 9.18 Å². The molecule has 32 heavy (non-hydrogen) atoms. The third-order valence-corrected chi connectivity index (χ3v) is 5.66. The van der Waals surface area contributed by atoms with Gasteiger partial charge in [0.2, 0.25) is 0 Å². The maximum atomic E-state index is 14.3. The van der Waals surface area contributed by atoms with Crippen molar-refractivity contribution in [2.75, 3.05) is 6.54 Å². The van der Waals surface area contributed by atoms with E-state index in [-0.39, 0.29) is 11.7 Å². The summed E-state index contributed by atoms with van der Waals surface area (Å²) < 4.78 is 17.3. The number of carbonyl (C=O) groups excluding carboxylic acids is 1. The van der Waals surface area contributed by atoms with E-state index in [1.165, 1.54) is 15.3 Å². The third kappa shape index (κ3) is 2.80. The van der Waals surface area contributed by atoms with Crippen LogP contribution in [0.1, 0.15) is 33.6 Å². The molecule has 1 N–H and O–H groups in total. The Morgan fingerprint density at radius 1 is 1.12 bits per heavy atom. The first-order chi connectivity index (χ1) is 15.7. The van der Waals surface area contributed by atoms with Gasteiger partial charge in [-0.05, 0) is 36.4 Å². The molecule has 0 fully saturated rings. The Balaban J connectivity index is 1.46. The second kappa shape index (κ2) is 7.12. The minimum absolute atomic E-state index is 0.232. The summed E-state index contributed by atoms with van der Waals surface area (Å²) in [5.74, 6) is -0.0654. The van der Waals surface area contributed by atoms with Crippen molar-refractivity contribution in [3.63, 3.8) is 0 Å². The zero-order valence-electron chi connectivity index (χ0n) is 16.8. The minimum Gasteiger partial charge on any atom is -0.348 e. The Morgan fingerprint density at radius 3 is 2.91 bits per heavy atom. The van der Waals surface area contributed by atoms with Gasteiger partial charge in [-0.3, -0.25) is 4.79 Å². The predicted molar refractivity (Wildman–Crippen MR) is 112 cm³/mol. The molecule has 0 bridgehead atoms. The molecule has 6 heterocycles. The normalized spacial score (nSPS) is 15.8. The number of hydrogen-bond donors (Lipinski definition) is 1. The van der Waals surface area contributed by atoms with Gasteiger partial charge in [-0.25, -0.2) is 23.6 Å². The molecule has 1 aliphatic rings. The molecule has 0 radical (unpaired) electrons. The Hall–Kier alpha value is -4.34. The first-order valence-corrected chi connectivity index (χ1v) is 10.1. The lowest BCUT2D eigenvalue weighted by Crippen LogP contribution is -2.41. The van der Waals surface area contributed by atoms with Crippen molar-refractivity contribution >= 4 is 11.4 Å². The van der Waals surface area contributed by atoms with E-state index in [2.05, 4.69) is 25.1 Å². The highest BCUT2D eigenvalue weighted by molar-refractivity contribution is 5.93. The van der Waals surface area contributed by atoms with Gasteiger partial charge in [0.15, 0.2) is 5.82 Å². The highest BCUT2D eigenvalue weighted by Gasteiger charge is 2.37. The number of carbonyl (C=O) groups is 1. The lowest BCUT2D eigenvalue weighted by atomic mass is 9.99. The fourth-order valence-corrected chi connectivity index (χ4v) is 4.20. The molecule has 9 nitrogen and oxygen atoms in total. The van der Waals surface area contributed by atoms with Gasteiger partial charge in [-0.15, -0.1) is 0 Å². The topological polar surface area (TPSA) is 97.0 Å². The van der Waals surface area contributed by atoms with Crippen LogP contribution in [-0.4, -0.2) is 51.7 Å². The van der Waals surface area contributed by atoms with Crippen LogP contribution in [0.25, 0.3) is 11.3 Å². The largest absolute Gasteiger partial charge is 0.348 e. The van der Waals surface area contributed by atoms with Crippen LogP contribution >= 0.6 is 0 Å². The number of nitrogens with zero attached hydrogens (tertiary/aromatic N) is 7. The van der Waals surface area contributed by atoms with Gasteiger partial charge in [0.1, 0.15) is 23.1 Å². The monoisotopic (exact) mass is 428 g/mol. The summed E-state index contributed by atoms with van der Waals surface area (Å²) in [5, 5.41) is 8.86. The third-order valence-electron chi connectivity index (χ3n) is 5.66. The van der Waals surface area contributed by atoms with Crippen LogP contribution in [-0.2, 0) is 6.42 Å². The molecule has 1 aliphatic heterocycles. The minimum atomic E-state index is -0.566. The number of pyridine rings is 2. The summed E-state index contributed by atoms with van der Waals surface area (Å²) >= 11 is 0. The Bertz CT molecular complexity index is 1440. The fraction of sp³-hybridized carbons (Fsp3) is 0.136. The summed E-state index contributed by atoms with van der Waals surface area (Å²) in [6.45, 7) is 0.447. The van der Waals surface area contributed by atoms with Crippen LogP contribution in [0, 0.1) is 5.82 Å². The molecule has 0 aliphatic carbocycles. The summed E-state index contributed by atoms with van der Waals surface area (Å²) in [5.41, 5.74) is 2.91. The maximum absolute atomic E-state index is 14.3. The van der Waals surface area contributed by atoms with Gasteiger partial charge in [0.05, 0.1) is 23.9 Å². The number of imidazole rings is 1. The van der Waals surface area contributed by atoms with Crippen LogP contribution in [0.5, 0.6) is 0 Å². The molecule has 5 aromatic heterocycles. The number of nitrogens with one attached hydrogen (secondary N) is 1. The second-order valence-electron chi connectivity index (χ2n) is 7.49. The van der Waals surface area contributed by atoms with E-state index in [0.29, 0.717) is 41.4 Å². The molecule has 0 spiro atoms. The highest BCUT2D eigenvalue weighted by atomic mass is 19.1. The molecule has 0 saturated carbocycles. The molecule has 5 aromatic rings. The first-order valence-electron chi connectivity index (χ1n) is 10.1. The Labute approximate surface area is 181 Å². The standard InChI is InChI=1S/C22H17FN8O/c23-14-4-3-10-30-18(14)12-16(28-30)21-20-15(25-13-26-20)7-11-29(21)22(32)17-6-9-27-31(17)19-5-1-2-8-24-19/h1-6,8-10,12-13,21H,7,11H2,(H,25,26)/t21-/m0/s1. The molecule has 0 saturated heterocycles. The number of aromatic amines is 1. The van der Waals surface area contributed by atoms with E-state index >= 15 is 0 Å². The molecule has 6 rings (SSSR count). The number of fused-ring (bicyclic) bond motifs is 2. The average Bonchev–Trinajstić information content (AvgIpc) is 3.58. The van der Waals surface area contributed by atoms with E-state index in [1.807, 2.05) is 6.07 Å². The molecule has 0 aromatic carbocycles. The van der Waals surface area contributed by atoms with E-state index in [4.69, 9.17) is 0 Å². The highest BCUT2D eigenvalue weighted by Crippen LogP contribution is 2.34. The summed E-state index contributed by atoms with van der Waals surface area (Å²) in [7, 11) is 0. The average molecular weight is 428 g/mol. The van der Waals surface area contributed by atoms with Crippen molar-refractivity contribution in [2.45, 2.75) is 12.5 Å². The van der Waals surface area contributed by atoms with E-state index in [1.54, 1.807) is 60.1 Å². The predicted octanol–water partition coefficient (Wildman–Crippen LogP) is 2.57. The molecule has 1 amide bonds. The van der Waals surface area contributed by atoms with Crippen LogP contribution in [0.2, 0.25) is 0 Å². The summed E-state index contributed by atoms with van der Waals surface area (Å²) in [6, 6.07) is 11.2. The van der Waals surface area contributed by atoms with Crippen molar-refractivity contribution in [1.29, 1.82) is 0 Å². The van der Waals surface area contributed by atoms with Gasteiger partial charge in [-0.2, -0.15) is 10.2 Å². The lowest BCUT2D eigenvalue weighted by molar-refractivity contribution is 0.0677. The zero-order valence-corrected chi connectivity index (χ0v) is 16.8. The van der Waals surface area contributed by atoms with Crippen LogP contribution in [0.3, 0.4) is 0 Å². The number of halogens is 1. The number of hydrogen-bond acceptors (Lipinski definition) is 5. The van der Waals surface area contributed by atoms with Gasteiger partial charge in [-0.1, -0.05) is 6.07 Å². The van der Waals surface area contributed by atoms with Gasteiger partial charge < -0.3 is 9.88 Å². The number of amides is 1. The first kappa shape index (κ1) is 18.4. The van der Waals surface area contributed by atoms with Crippen molar-refractivity contribution in [1.82, 2.24) is 39.2 Å². The molecule has 10 heteroatoms. The number of rotatable bonds is 3. The summed E-state index contributed by atoms with van der Waals surface area (Å²) in [6.07, 6.45) is 7.13. The SMILES string of the molecule is O=C(c1ccnn1-c1ccccn1)N1CCc2[nH]cnc2[C@@H]1c1cc2c(F)cccn2n1. The second-order valence-corrected chi connectivity index (χ2v) is 7.49. The van der Waals surface area contributed by atoms with E-state index in [0.717, 1.165) is 5.69 Å². The maximum Gasteiger partial charge on any atom is 0.273 e.